The number of hydrogen-bond donors (Lipinski definition) is 2. The molecule has 4 aromatic rings. The van der Waals surface area contributed by atoms with Crippen LogP contribution in [0.25, 0.3) is 0 Å². The fraction of sp³-hybridized carbons (Fsp3) is 0.0800. The van der Waals surface area contributed by atoms with Gasteiger partial charge in [0.15, 0.2) is 0 Å². The number of nitrogens with zero attached hydrogens (tertiary/aromatic N) is 2. The molecule has 0 unspecified atom stereocenters. The first-order valence-electron chi connectivity index (χ1n) is 10.2. The number of rotatable bonds is 3. The van der Waals surface area contributed by atoms with Crippen LogP contribution in [0, 0.1) is 6.92 Å². The Morgan fingerprint density at radius 2 is 1.78 bits per heavy atom. The Kier molecular flexibility index (Phi) is 5.17. The fourth-order valence-electron chi connectivity index (χ4n) is 3.73. The minimum atomic E-state index is -0.209. The highest BCUT2D eigenvalue weighted by Crippen LogP contribution is 2.36. The van der Waals surface area contributed by atoms with Gasteiger partial charge in [-0.25, -0.2) is 4.98 Å². The third-order valence-corrected chi connectivity index (χ3v) is 6.26. The summed E-state index contributed by atoms with van der Waals surface area (Å²) in [5.74, 6) is 0.0369. The summed E-state index contributed by atoms with van der Waals surface area (Å²) in [5, 5.41) is 8.10. The second-order valence-corrected chi connectivity index (χ2v) is 8.59. The van der Waals surface area contributed by atoms with Gasteiger partial charge in [0.1, 0.15) is 5.82 Å². The molecule has 1 aliphatic rings. The van der Waals surface area contributed by atoms with Gasteiger partial charge in [-0.3, -0.25) is 9.59 Å². The lowest BCUT2D eigenvalue weighted by molar-refractivity contribution is 0.0984. The molecule has 0 saturated carbocycles. The van der Waals surface area contributed by atoms with E-state index in [1.54, 1.807) is 23.1 Å². The van der Waals surface area contributed by atoms with Gasteiger partial charge in [-0.2, -0.15) is 0 Å². The number of hydrogen-bond acceptors (Lipinski definition) is 5. The maximum Gasteiger partial charge on any atom is 0.260 e. The summed E-state index contributed by atoms with van der Waals surface area (Å²) in [6.07, 6.45) is 1.51. The van der Waals surface area contributed by atoms with Crippen molar-refractivity contribution in [3.8, 4) is 0 Å². The first-order chi connectivity index (χ1) is 15.6. The fourth-order valence-corrected chi connectivity index (χ4v) is 4.43. The van der Waals surface area contributed by atoms with E-state index in [2.05, 4.69) is 15.6 Å². The number of carbonyl (C=O) groups is 2. The van der Waals surface area contributed by atoms with Crippen LogP contribution in [-0.2, 0) is 6.54 Å². The van der Waals surface area contributed by atoms with Crippen molar-refractivity contribution in [2.75, 3.05) is 15.5 Å². The molecular formula is C25H20N4O2S. The molecule has 0 bridgehead atoms. The van der Waals surface area contributed by atoms with Crippen molar-refractivity contribution < 1.29 is 9.59 Å². The molecule has 2 aromatic carbocycles. The highest BCUT2D eigenvalue weighted by atomic mass is 32.1. The number of amides is 2. The second kappa shape index (κ2) is 8.28. The van der Waals surface area contributed by atoms with Crippen LogP contribution in [0.2, 0.25) is 0 Å². The summed E-state index contributed by atoms with van der Waals surface area (Å²) in [4.78, 5) is 32.9. The van der Waals surface area contributed by atoms with Gasteiger partial charge < -0.3 is 15.5 Å². The zero-order chi connectivity index (χ0) is 22.1. The summed E-state index contributed by atoms with van der Waals surface area (Å²) in [5.41, 5.74) is 4.76. The Morgan fingerprint density at radius 1 is 1.00 bits per heavy atom. The van der Waals surface area contributed by atoms with Gasteiger partial charge >= 0.3 is 0 Å². The highest BCUT2D eigenvalue weighted by molar-refractivity contribution is 7.10. The number of aromatic nitrogens is 1. The normalized spacial score (nSPS) is 12.2. The molecule has 32 heavy (non-hydrogen) atoms. The second-order valence-electron chi connectivity index (χ2n) is 7.47. The summed E-state index contributed by atoms with van der Waals surface area (Å²) in [6, 6.07) is 20.8. The van der Waals surface area contributed by atoms with Gasteiger partial charge in [-0.1, -0.05) is 30.3 Å². The molecule has 0 spiro atoms. The van der Waals surface area contributed by atoms with Crippen molar-refractivity contribution >= 4 is 46.0 Å². The Labute approximate surface area is 189 Å². The molecule has 1 aliphatic heterocycles. The number of anilines is 4. The van der Waals surface area contributed by atoms with E-state index in [4.69, 9.17) is 0 Å². The quantitative estimate of drug-likeness (QED) is 0.434. The number of thiophene rings is 1. The van der Waals surface area contributed by atoms with Crippen LogP contribution in [0.3, 0.4) is 0 Å². The Morgan fingerprint density at radius 3 is 2.53 bits per heavy atom. The van der Waals surface area contributed by atoms with Crippen LogP contribution in [-0.4, -0.2) is 16.8 Å². The molecule has 0 radical (unpaired) electrons. The van der Waals surface area contributed by atoms with Crippen LogP contribution in [0.1, 0.15) is 31.2 Å². The summed E-state index contributed by atoms with van der Waals surface area (Å²) >= 11 is 1.52. The Balaban J connectivity index is 1.41. The van der Waals surface area contributed by atoms with Crippen molar-refractivity contribution in [3.63, 3.8) is 0 Å². The van der Waals surface area contributed by atoms with E-state index in [-0.39, 0.29) is 11.8 Å². The standard InChI is InChI=1S/C25H20N4O2S/c1-16-19(12-13-32-16)24(30)28-23-11-10-17(14-26-23)25(31)29-15-18-6-2-3-7-20(18)27-21-8-4-5-9-22(21)29/h2-14,27H,15H2,1H3,(H,26,28,30). The summed E-state index contributed by atoms with van der Waals surface area (Å²) in [7, 11) is 0. The lowest BCUT2D eigenvalue weighted by Crippen LogP contribution is -2.30. The molecule has 2 aromatic heterocycles. The van der Waals surface area contributed by atoms with E-state index in [0.717, 1.165) is 27.5 Å². The van der Waals surface area contributed by atoms with Crippen molar-refractivity contribution in [3.05, 3.63) is 99.9 Å². The smallest absolute Gasteiger partial charge is 0.260 e. The first kappa shape index (κ1) is 20.0. The number of para-hydroxylation sites is 3. The molecule has 7 heteroatoms. The molecule has 2 amide bonds. The minimum Gasteiger partial charge on any atom is -0.354 e. The monoisotopic (exact) mass is 440 g/mol. The van der Waals surface area contributed by atoms with Crippen molar-refractivity contribution in [2.45, 2.75) is 13.5 Å². The molecule has 0 saturated heterocycles. The average molecular weight is 441 g/mol. The van der Waals surface area contributed by atoms with Crippen LogP contribution >= 0.6 is 11.3 Å². The SMILES string of the molecule is Cc1sccc1C(=O)Nc1ccc(C(=O)N2Cc3ccccc3Nc3ccccc32)cn1. The topological polar surface area (TPSA) is 74.3 Å². The molecule has 2 N–H and O–H groups in total. The van der Waals surface area contributed by atoms with Crippen LogP contribution in [0.5, 0.6) is 0 Å². The molecule has 3 heterocycles. The molecule has 0 fully saturated rings. The van der Waals surface area contributed by atoms with E-state index < -0.39 is 0 Å². The number of pyridine rings is 1. The number of nitrogens with one attached hydrogen (secondary N) is 2. The molecule has 158 valence electrons. The van der Waals surface area contributed by atoms with Gasteiger partial charge in [0.25, 0.3) is 11.8 Å². The summed E-state index contributed by atoms with van der Waals surface area (Å²) in [6.45, 7) is 2.34. The Hall–Kier alpha value is -3.97. The zero-order valence-corrected chi connectivity index (χ0v) is 18.1. The zero-order valence-electron chi connectivity index (χ0n) is 17.3. The molecule has 0 atom stereocenters. The van der Waals surface area contributed by atoms with Gasteiger partial charge in [0.2, 0.25) is 0 Å². The lowest BCUT2D eigenvalue weighted by atomic mass is 10.1. The maximum atomic E-state index is 13.5. The van der Waals surface area contributed by atoms with Gasteiger partial charge in [0, 0.05) is 16.8 Å². The number of fused-ring (bicyclic) bond motifs is 2. The third-order valence-electron chi connectivity index (χ3n) is 5.41. The van der Waals surface area contributed by atoms with Gasteiger partial charge in [0.05, 0.1) is 29.0 Å². The van der Waals surface area contributed by atoms with E-state index in [1.807, 2.05) is 60.8 Å². The minimum absolute atomic E-state index is 0.157. The lowest BCUT2D eigenvalue weighted by Gasteiger charge is -2.22. The third kappa shape index (κ3) is 3.74. The first-order valence-corrected chi connectivity index (χ1v) is 11.1. The summed E-state index contributed by atoms with van der Waals surface area (Å²) < 4.78 is 0. The van der Waals surface area contributed by atoms with Crippen LogP contribution < -0.4 is 15.5 Å². The van der Waals surface area contributed by atoms with Crippen molar-refractivity contribution in [1.82, 2.24) is 4.98 Å². The number of carbonyl (C=O) groups excluding carboxylic acids is 2. The number of aryl methyl sites for hydroxylation is 1. The molecule has 0 aliphatic carbocycles. The predicted molar refractivity (Wildman–Crippen MR) is 128 cm³/mol. The van der Waals surface area contributed by atoms with E-state index in [1.165, 1.54) is 17.5 Å². The van der Waals surface area contributed by atoms with Gasteiger partial charge in [-0.05, 0) is 54.3 Å². The van der Waals surface area contributed by atoms with Crippen molar-refractivity contribution in [2.24, 2.45) is 0 Å². The van der Waals surface area contributed by atoms with E-state index >= 15 is 0 Å². The van der Waals surface area contributed by atoms with E-state index in [9.17, 15) is 9.59 Å². The largest absolute Gasteiger partial charge is 0.354 e. The highest BCUT2D eigenvalue weighted by Gasteiger charge is 2.25. The average Bonchev–Trinajstić information content (AvgIpc) is 3.17. The van der Waals surface area contributed by atoms with Crippen molar-refractivity contribution in [1.29, 1.82) is 0 Å². The molecular weight excluding hydrogens is 420 g/mol. The number of benzene rings is 2. The Bertz CT molecular complexity index is 1310. The molecule has 6 nitrogen and oxygen atoms in total. The predicted octanol–water partition coefficient (Wildman–Crippen LogP) is 5.61. The van der Waals surface area contributed by atoms with Crippen LogP contribution in [0.15, 0.2) is 78.3 Å². The maximum absolute atomic E-state index is 13.5. The van der Waals surface area contributed by atoms with Gasteiger partial charge in [-0.15, -0.1) is 11.3 Å². The van der Waals surface area contributed by atoms with E-state index in [0.29, 0.717) is 23.5 Å². The molecule has 5 rings (SSSR count). The van der Waals surface area contributed by atoms with Crippen LogP contribution in [0.4, 0.5) is 22.9 Å².